The Morgan fingerprint density at radius 3 is 2.71 bits per heavy atom. The number of hydrogen-bond donors (Lipinski definition) is 1. The van der Waals surface area contributed by atoms with Crippen molar-refractivity contribution in [2.45, 2.75) is 33.9 Å². The van der Waals surface area contributed by atoms with Gasteiger partial charge < -0.3 is 5.32 Å². The van der Waals surface area contributed by atoms with Gasteiger partial charge in [-0.05, 0) is 37.5 Å². The standard InChI is InChI=1S/C14H18N2S/c1-10-5-4-6-13(11(10)2)7-15-8-14-9-16-12(3)17-14/h4-6,9,15H,7-8H2,1-3H3. The first-order valence-electron chi connectivity index (χ1n) is 5.84. The zero-order valence-corrected chi connectivity index (χ0v) is 11.4. The second-order valence-electron chi connectivity index (χ2n) is 4.31. The van der Waals surface area contributed by atoms with E-state index in [-0.39, 0.29) is 0 Å². The molecule has 1 aromatic carbocycles. The first-order chi connectivity index (χ1) is 8.16. The summed E-state index contributed by atoms with van der Waals surface area (Å²) in [7, 11) is 0. The van der Waals surface area contributed by atoms with Crippen molar-refractivity contribution in [2.75, 3.05) is 0 Å². The molecule has 3 heteroatoms. The summed E-state index contributed by atoms with van der Waals surface area (Å²) in [6.07, 6.45) is 1.95. The number of nitrogens with zero attached hydrogens (tertiary/aromatic N) is 1. The largest absolute Gasteiger partial charge is 0.308 e. The molecule has 0 radical (unpaired) electrons. The Hall–Kier alpha value is -1.19. The number of aryl methyl sites for hydroxylation is 2. The predicted molar refractivity (Wildman–Crippen MR) is 73.3 cm³/mol. The van der Waals surface area contributed by atoms with E-state index in [1.54, 1.807) is 11.3 Å². The molecule has 0 saturated carbocycles. The number of aromatic nitrogens is 1. The summed E-state index contributed by atoms with van der Waals surface area (Å²) in [6.45, 7) is 8.21. The van der Waals surface area contributed by atoms with Gasteiger partial charge in [-0.2, -0.15) is 0 Å². The van der Waals surface area contributed by atoms with Crippen LogP contribution in [0.5, 0.6) is 0 Å². The summed E-state index contributed by atoms with van der Waals surface area (Å²) in [5.41, 5.74) is 4.13. The Morgan fingerprint density at radius 1 is 1.18 bits per heavy atom. The van der Waals surface area contributed by atoms with Crippen LogP contribution in [0, 0.1) is 20.8 Å². The summed E-state index contributed by atoms with van der Waals surface area (Å²) in [5, 5.41) is 4.60. The molecule has 2 aromatic rings. The Balaban J connectivity index is 1.92. The molecule has 2 rings (SSSR count). The van der Waals surface area contributed by atoms with E-state index >= 15 is 0 Å². The maximum atomic E-state index is 4.25. The van der Waals surface area contributed by atoms with Crippen molar-refractivity contribution in [2.24, 2.45) is 0 Å². The van der Waals surface area contributed by atoms with Crippen LogP contribution in [-0.4, -0.2) is 4.98 Å². The third-order valence-electron chi connectivity index (χ3n) is 3.00. The van der Waals surface area contributed by atoms with Gasteiger partial charge in [-0.25, -0.2) is 4.98 Å². The predicted octanol–water partition coefficient (Wildman–Crippen LogP) is 3.36. The molecule has 0 spiro atoms. The average Bonchev–Trinajstić information content (AvgIpc) is 2.70. The highest BCUT2D eigenvalue weighted by atomic mass is 32.1. The van der Waals surface area contributed by atoms with Gasteiger partial charge in [0.2, 0.25) is 0 Å². The molecule has 0 unspecified atom stereocenters. The van der Waals surface area contributed by atoms with Crippen LogP contribution in [0.4, 0.5) is 0 Å². The van der Waals surface area contributed by atoms with E-state index in [0.717, 1.165) is 18.1 Å². The van der Waals surface area contributed by atoms with E-state index in [9.17, 15) is 0 Å². The van der Waals surface area contributed by atoms with Crippen molar-refractivity contribution in [1.82, 2.24) is 10.3 Å². The molecule has 2 nitrogen and oxygen atoms in total. The smallest absolute Gasteiger partial charge is 0.0897 e. The Kier molecular flexibility index (Phi) is 3.92. The molecule has 0 aliphatic heterocycles. The summed E-state index contributed by atoms with van der Waals surface area (Å²) < 4.78 is 0. The lowest BCUT2D eigenvalue weighted by atomic mass is 10.0. The third-order valence-corrected chi connectivity index (χ3v) is 3.91. The third kappa shape index (κ3) is 3.14. The van der Waals surface area contributed by atoms with Crippen LogP contribution in [-0.2, 0) is 13.1 Å². The normalized spacial score (nSPS) is 10.8. The minimum absolute atomic E-state index is 0.902. The van der Waals surface area contributed by atoms with Crippen molar-refractivity contribution in [3.8, 4) is 0 Å². The van der Waals surface area contributed by atoms with Gasteiger partial charge >= 0.3 is 0 Å². The highest BCUT2D eigenvalue weighted by Gasteiger charge is 2.01. The van der Waals surface area contributed by atoms with Gasteiger partial charge in [0, 0.05) is 24.2 Å². The van der Waals surface area contributed by atoms with Crippen LogP contribution in [0.2, 0.25) is 0 Å². The van der Waals surface area contributed by atoms with Gasteiger partial charge in [-0.1, -0.05) is 18.2 Å². The van der Waals surface area contributed by atoms with E-state index in [1.165, 1.54) is 21.6 Å². The molecule has 0 atom stereocenters. The monoisotopic (exact) mass is 246 g/mol. The van der Waals surface area contributed by atoms with Crippen LogP contribution in [0.3, 0.4) is 0 Å². The molecule has 0 amide bonds. The van der Waals surface area contributed by atoms with Gasteiger partial charge in [0.05, 0.1) is 5.01 Å². The van der Waals surface area contributed by atoms with Crippen molar-refractivity contribution in [3.05, 3.63) is 51.0 Å². The van der Waals surface area contributed by atoms with Crippen molar-refractivity contribution in [1.29, 1.82) is 0 Å². The number of hydrogen-bond acceptors (Lipinski definition) is 3. The maximum absolute atomic E-state index is 4.25. The topological polar surface area (TPSA) is 24.9 Å². The van der Waals surface area contributed by atoms with E-state index in [2.05, 4.69) is 42.3 Å². The lowest BCUT2D eigenvalue weighted by Gasteiger charge is -2.09. The highest BCUT2D eigenvalue weighted by molar-refractivity contribution is 7.11. The number of thiazole rings is 1. The van der Waals surface area contributed by atoms with Crippen LogP contribution in [0.1, 0.15) is 26.6 Å². The van der Waals surface area contributed by atoms with E-state index < -0.39 is 0 Å². The zero-order chi connectivity index (χ0) is 12.3. The van der Waals surface area contributed by atoms with E-state index in [0.29, 0.717) is 0 Å². The zero-order valence-electron chi connectivity index (χ0n) is 10.6. The molecule has 1 N–H and O–H groups in total. The van der Waals surface area contributed by atoms with Crippen LogP contribution in [0.25, 0.3) is 0 Å². The maximum Gasteiger partial charge on any atom is 0.0897 e. The van der Waals surface area contributed by atoms with Gasteiger partial charge in [-0.15, -0.1) is 11.3 Å². The number of nitrogens with one attached hydrogen (secondary N) is 1. The first kappa shape index (κ1) is 12.3. The van der Waals surface area contributed by atoms with Gasteiger partial charge in [0.1, 0.15) is 0 Å². The molecule has 90 valence electrons. The molecule has 1 heterocycles. The summed E-state index contributed by atoms with van der Waals surface area (Å²) in [4.78, 5) is 5.55. The van der Waals surface area contributed by atoms with E-state index in [1.807, 2.05) is 13.1 Å². The number of rotatable bonds is 4. The molecule has 1 aromatic heterocycles. The van der Waals surface area contributed by atoms with Gasteiger partial charge in [0.15, 0.2) is 0 Å². The van der Waals surface area contributed by atoms with Crippen LogP contribution < -0.4 is 5.32 Å². The average molecular weight is 246 g/mol. The van der Waals surface area contributed by atoms with Crippen molar-refractivity contribution >= 4 is 11.3 Å². The fourth-order valence-electron chi connectivity index (χ4n) is 1.81. The van der Waals surface area contributed by atoms with Gasteiger partial charge in [-0.3, -0.25) is 0 Å². The second kappa shape index (κ2) is 5.43. The van der Waals surface area contributed by atoms with Crippen LogP contribution >= 0.6 is 11.3 Å². The SMILES string of the molecule is Cc1ncc(CNCc2cccc(C)c2C)s1. The summed E-state index contributed by atoms with van der Waals surface area (Å²) in [6, 6.07) is 6.47. The Morgan fingerprint density at radius 2 is 2.00 bits per heavy atom. The molecule has 0 bridgehead atoms. The van der Waals surface area contributed by atoms with Gasteiger partial charge in [0.25, 0.3) is 0 Å². The molecular weight excluding hydrogens is 228 g/mol. The Bertz CT molecular complexity index is 503. The fourth-order valence-corrected chi connectivity index (χ4v) is 2.58. The molecule has 0 saturated heterocycles. The number of benzene rings is 1. The molecule has 0 aliphatic carbocycles. The van der Waals surface area contributed by atoms with Crippen molar-refractivity contribution < 1.29 is 0 Å². The molecule has 17 heavy (non-hydrogen) atoms. The molecule has 0 fully saturated rings. The molecular formula is C14H18N2S. The van der Waals surface area contributed by atoms with Crippen molar-refractivity contribution in [3.63, 3.8) is 0 Å². The second-order valence-corrected chi connectivity index (χ2v) is 5.63. The molecule has 0 aliphatic rings. The minimum Gasteiger partial charge on any atom is -0.308 e. The minimum atomic E-state index is 0.902. The highest BCUT2D eigenvalue weighted by Crippen LogP contribution is 2.14. The van der Waals surface area contributed by atoms with E-state index in [4.69, 9.17) is 0 Å². The quantitative estimate of drug-likeness (QED) is 0.894. The summed E-state index contributed by atoms with van der Waals surface area (Å²) in [5.74, 6) is 0. The lowest BCUT2D eigenvalue weighted by molar-refractivity contribution is 0.696. The lowest BCUT2D eigenvalue weighted by Crippen LogP contribution is -2.12. The first-order valence-corrected chi connectivity index (χ1v) is 6.65. The Labute approximate surface area is 107 Å². The fraction of sp³-hybridized carbons (Fsp3) is 0.357. The van der Waals surface area contributed by atoms with Crippen LogP contribution in [0.15, 0.2) is 24.4 Å². The summed E-state index contributed by atoms with van der Waals surface area (Å²) >= 11 is 1.76.